The molecule has 3 aliphatic carbocycles. The number of fused-ring (bicyclic) bond motifs is 3. The van der Waals surface area contributed by atoms with E-state index in [0.717, 1.165) is 25.7 Å². The Morgan fingerprint density at radius 1 is 1.30 bits per heavy atom. The summed E-state index contributed by atoms with van der Waals surface area (Å²) in [7, 11) is 0. The van der Waals surface area contributed by atoms with E-state index in [1.807, 2.05) is 6.92 Å². The monoisotopic (exact) mass is 308 g/mol. The molecule has 3 aliphatic rings. The molecule has 0 spiro atoms. The van der Waals surface area contributed by atoms with E-state index in [2.05, 4.69) is 32.9 Å². The normalized spacial score (nSPS) is 39.5. The van der Waals surface area contributed by atoms with Gasteiger partial charge in [-0.05, 0) is 60.8 Å². The van der Waals surface area contributed by atoms with Gasteiger partial charge in [0.05, 0.1) is 0 Å². The Hall–Kier alpha value is -0.453. The van der Waals surface area contributed by atoms with E-state index in [4.69, 9.17) is 0 Å². The average molecular weight is 308 g/mol. The van der Waals surface area contributed by atoms with Crippen molar-refractivity contribution < 1.29 is 28.8 Å². The van der Waals surface area contributed by atoms with Crippen molar-refractivity contribution in [2.24, 2.45) is 28.6 Å². The first-order chi connectivity index (χ1) is 10.3. The maximum atomic E-state index is 11.8. The minimum atomic E-state index is -0.838. The maximum Gasteiger partial charge on any atom is 1.00 e. The van der Waals surface area contributed by atoms with Gasteiger partial charge in [0.1, 0.15) is 0 Å². The van der Waals surface area contributed by atoms with E-state index in [9.17, 15) is 9.90 Å². The number of rotatable bonds is 2. The van der Waals surface area contributed by atoms with Gasteiger partial charge >= 0.3 is 18.9 Å². The molecule has 122 valence electrons. The molecule has 0 aromatic carbocycles. The van der Waals surface area contributed by atoms with Gasteiger partial charge in [0, 0.05) is 11.4 Å². The van der Waals surface area contributed by atoms with E-state index in [0.29, 0.717) is 11.8 Å². The van der Waals surface area contributed by atoms with Gasteiger partial charge in [-0.15, -0.1) is 0 Å². The topological polar surface area (TPSA) is 40.1 Å². The average Bonchev–Trinajstić information content (AvgIpc) is 2.46. The molecular formula is C20H29LiO2. The van der Waals surface area contributed by atoms with Gasteiger partial charge in [0.2, 0.25) is 0 Å². The standard InChI is InChI=1S/C20H30O2.Li/c1-13(2)14-6-8-16-15(12-14)7-9-17-19(16,3)10-5-11-20(17,4)18(21)22;/h7,12-13,16-17H,5-6,8-11H2,1-4H3,(H,21,22);/q;+1/p-1/t16-,17+,19+,20+;/m0./s1. The zero-order chi connectivity index (χ0) is 16.1. The Kier molecular flexibility index (Phi) is 5.30. The predicted octanol–water partition coefficient (Wildman–Crippen LogP) is 0.876. The van der Waals surface area contributed by atoms with E-state index < -0.39 is 11.4 Å². The van der Waals surface area contributed by atoms with Crippen LogP contribution in [0.2, 0.25) is 0 Å². The molecule has 0 N–H and O–H groups in total. The first kappa shape index (κ1) is 18.9. The van der Waals surface area contributed by atoms with Crippen molar-refractivity contribution in [1.29, 1.82) is 0 Å². The molecule has 0 aromatic rings. The summed E-state index contributed by atoms with van der Waals surface area (Å²) in [5.41, 5.74) is 2.51. The van der Waals surface area contributed by atoms with E-state index in [1.165, 1.54) is 18.4 Å². The van der Waals surface area contributed by atoms with Gasteiger partial charge in [-0.3, -0.25) is 0 Å². The summed E-state index contributed by atoms with van der Waals surface area (Å²) in [6.45, 7) is 8.83. The van der Waals surface area contributed by atoms with Crippen LogP contribution in [0.1, 0.15) is 66.2 Å². The van der Waals surface area contributed by atoms with Crippen LogP contribution in [0.15, 0.2) is 23.3 Å². The molecule has 0 bridgehead atoms. The number of hydrogen-bond acceptors (Lipinski definition) is 2. The van der Waals surface area contributed by atoms with Crippen LogP contribution in [0.3, 0.4) is 0 Å². The molecule has 0 aromatic heterocycles. The fourth-order valence-electron chi connectivity index (χ4n) is 5.59. The van der Waals surface area contributed by atoms with E-state index >= 15 is 0 Å². The minimum absolute atomic E-state index is 0. The van der Waals surface area contributed by atoms with Crippen LogP contribution in [0.4, 0.5) is 0 Å². The molecule has 2 nitrogen and oxygen atoms in total. The smallest absolute Gasteiger partial charge is 0.550 e. The first-order valence-electron chi connectivity index (χ1n) is 8.91. The van der Waals surface area contributed by atoms with Gasteiger partial charge in [0.25, 0.3) is 0 Å². The van der Waals surface area contributed by atoms with Crippen molar-refractivity contribution in [1.82, 2.24) is 0 Å². The Morgan fingerprint density at radius 3 is 2.61 bits per heavy atom. The molecule has 0 unspecified atom stereocenters. The molecule has 0 heterocycles. The number of carboxylic acids is 1. The molecule has 0 radical (unpaired) electrons. The summed E-state index contributed by atoms with van der Waals surface area (Å²) < 4.78 is 0. The Balaban J connectivity index is 0.00000192. The maximum absolute atomic E-state index is 11.8. The van der Waals surface area contributed by atoms with Gasteiger partial charge in [0.15, 0.2) is 0 Å². The van der Waals surface area contributed by atoms with Gasteiger partial charge in [-0.1, -0.05) is 51.8 Å². The number of hydrogen-bond donors (Lipinski definition) is 0. The third-order valence-corrected chi connectivity index (χ3v) is 7.05. The summed E-state index contributed by atoms with van der Waals surface area (Å²) in [6, 6.07) is 0. The van der Waals surface area contributed by atoms with Gasteiger partial charge in [-0.2, -0.15) is 0 Å². The van der Waals surface area contributed by atoms with Crippen LogP contribution in [0, 0.1) is 28.6 Å². The Bertz CT molecular complexity index is 548. The number of carboxylic acid groups (broad SMARTS) is 1. The Labute approximate surface area is 153 Å². The quantitative estimate of drug-likeness (QED) is 0.711. The van der Waals surface area contributed by atoms with Gasteiger partial charge in [-0.25, -0.2) is 0 Å². The molecule has 0 saturated heterocycles. The Morgan fingerprint density at radius 2 is 2.00 bits per heavy atom. The molecule has 3 heteroatoms. The zero-order valence-corrected chi connectivity index (χ0v) is 15.4. The predicted molar refractivity (Wildman–Crippen MR) is 86.9 cm³/mol. The number of aliphatic carboxylic acids is 1. The molecular weight excluding hydrogens is 279 g/mol. The molecule has 0 aliphatic heterocycles. The minimum Gasteiger partial charge on any atom is -0.550 e. The SMILES string of the molecule is CC(C)C1=CC2=CC[C@@H]3[C@](C)(CCC[C@@]3(C)C(=O)[O-])[C@H]2CC1.[Li+]. The molecule has 4 atom stereocenters. The van der Waals surface area contributed by atoms with Crippen LogP contribution in [0.25, 0.3) is 0 Å². The molecule has 1 fully saturated rings. The van der Waals surface area contributed by atoms with Crippen LogP contribution in [-0.4, -0.2) is 5.97 Å². The van der Waals surface area contributed by atoms with E-state index in [-0.39, 0.29) is 30.2 Å². The fourth-order valence-corrected chi connectivity index (χ4v) is 5.59. The fraction of sp³-hybridized carbons (Fsp3) is 0.750. The summed E-state index contributed by atoms with van der Waals surface area (Å²) in [6.07, 6.45) is 11.0. The molecule has 1 saturated carbocycles. The number of allylic oxidation sites excluding steroid dienone is 4. The molecule has 23 heavy (non-hydrogen) atoms. The third kappa shape index (κ3) is 2.87. The second-order valence-electron chi connectivity index (χ2n) is 8.52. The van der Waals surface area contributed by atoms with Crippen molar-refractivity contribution >= 4 is 5.97 Å². The largest absolute Gasteiger partial charge is 1.00 e. The number of carbonyl (C=O) groups excluding carboxylic acids is 1. The third-order valence-electron chi connectivity index (χ3n) is 7.05. The van der Waals surface area contributed by atoms with Crippen LogP contribution < -0.4 is 24.0 Å². The second kappa shape index (κ2) is 6.45. The van der Waals surface area contributed by atoms with Crippen molar-refractivity contribution in [3.05, 3.63) is 23.3 Å². The van der Waals surface area contributed by atoms with Crippen LogP contribution >= 0.6 is 0 Å². The van der Waals surface area contributed by atoms with Crippen molar-refractivity contribution in [3.63, 3.8) is 0 Å². The molecule has 3 rings (SSSR count). The van der Waals surface area contributed by atoms with Crippen LogP contribution in [0.5, 0.6) is 0 Å². The first-order valence-corrected chi connectivity index (χ1v) is 8.91. The van der Waals surface area contributed by atoms with Crippen molar-refractivity contribution in [3.8, 4) is 0 Å². The summed E-state index contributed by atoms with van der Waals surface area (Å²) in [5, 5.41) is 11.8. The van der Waals surface area contributed by atoms with E-state index in [1.54, 1.807) is 5.57 Å². The van der Waals surface area contributed by atoms with Crippen molar-refractivity contribution in [2.45, 2.75) is 66.2 Å². The van der Waals surface area contributed by atoms with Crippen molar-refractivity contribution in [2.75, 3.05) is 0 Å². The molecule has 0 amide bonds. The summed E-state index contributed by atoms with van der Waals surface area (Å²) in [4.78, 5) is 11.8. The van der Waals surface area contributed by atoms with Gasteiger partial charge < -0.3 is 9.90 Å². The number of carbonyl (C=O) groups is 1. The second-order valence-corrected chi connectivity index (χ2v) is 8.52. The van der Waals surface area contributed by atoms with Crippen LogP contribution in [-0.2, 0) is 4.79 Å². The zero-order valence-electron chi connectivity index (χ0n) is 15.4. The summed E-state index contributed by atoms with van der Waals surface area (Å²) >= 11 is 0. The summed E-state index contributed by atoms with van der Waals surface area (Å²) in [5.74, 6) is 0.538.